The molecule has 3 aliphatic rings. The smallest absolute Gasteiger partial charge is 0.141 e. The summed E-state index contributed by atoms with van der Waals surface area (Å²) in [6.07, 6.45) is 2.52. The SMILES string of the molecule is CC1=CP(=O)(c2c(C)cc(C)cc2C)[C@H]2[C@@H]1[C@H]1C(C)=C[C@@H]2[P@]1c1c(C)cc(C)cc1C.[B]. The molecule has 1 fully saturated rings. The Labute approximate surface area is 197 Å². The number of fused-ring (bicyclic) bond motifs is 5. The molecule has 2 bridgehead atoms. The summed E-state index contributed by atoms with van der Waals surface area (Å²) in [5.74, 6) is 2.66. The summed E-state index contributed by atoms with van der Waals surface area (Å²) < 4.78 is 15.0. The molecule has 32 heavy (non-hydrogen) atoms. The van der Waals surface area contributed by atoms with Crippen LogP contribution in [0.5, 0.6) is 0 Å². The molecule has 1 nitrogen and oxygen atoms in total. The molecule has 0 aliphatic carbocycles. The van der Waals surface area contributed by atoms with Crippen LogP contribution in [0.15, 0.2) is 47.3 Å². The lowest BCUT2D eigenvalue weighted by molar-refractivity contribution is 0.552. The lowest BCUT2D eigenvalue weighted by atomic mass is 9.85. The minimum Gasteiger partial charge on any atom is -0.314 e. The monoisotopic (exact) mass is 459 g/mol. The number of hydrogen-bond acceptors (Lipinski definition) is 1. The van der Waals surface area contributed by atoms with Gasteiger partial charge in [0.1, 0.15) is 7.14 Å². The van der Waals surface area contributed by atoms with Crippen LogP contribution in [0.2, 0.25) is 0 Å². The first kappa shape index (κ1) is 23.8. The standard InChI is InChI=1S/C28H34OP2.B/c1-15-9-17(3)25(18(4)10-15)30-23-13-19(5)26(30)24-22(8)14-31(29,28(23)24)27-20(6)11-16(2)12-21(27)7;/h9-14,23-24,26,28H,1-8H3;/t23-,24-,26+,28+,30+,31?;/m0./s1. The van der Waals surface area contributed by atoms with Crippen molar-refractivity contribution in [2.24, 2.45) is 5.92 Å². The second-order valence-corrected chi connectivity index (χ2v) is 15.5. The Balaban J connectivity index is 0.00000245. The Morgan fingerprint density at radius 1 is 0.750 bits per heavy atom. The lowest BCUT2D eigenvalue weighted by Crippen LogP contribution is -2.31. The quantitative estimate of drug-likeness (QED) is 0.282. The van der Waals surface area contributed by atoms with Crippen molar-refractivity contribution in [3.8, 4) is 0 Å². The first-order valence-electron chi connectivity index (χ1n) is 11.5. The van der Waals surface area contributed by atoms with Gasteiger partial charge in [-0.05, 0) is 88.8 Å². The van der Waals surface area contributed by atoms with Gasteiger partial charge < -0.3 is 4.57 Å². The summed E-state index contributed by atoms with van der Waals surface area (Å²) in [7, 11) is -3.02. The van der Waals surface area contributed by atoms with E-state index in [0.717, 1.165) is 5.30 Å². The van der Waals surface area contributed by atoms with Gasteiger partial charge in [-0.2, -0.15) is 0 Å². The zero-order valence-corrected chi connectivity index (χ0v) is 22.4. The summed E-state index contributed by atoms with van der Waals surface area (Å²) in [6.45, 7) is 17.8. The van der Waals surface area contributed by atoms with Gasteiger partial charge in [-0.15, -0.1) is 0 Å². The number of hydrogen-bond donors (Lipinski definition) is 0. The molecule has 0 N–H and O–H groups in total. The second-order valence-electron chi connectivity index (χ2n) is 10.3. The second kappa shape index (κ2) is 7.86. The van der Waals surface area contributed by atoms with Gasteiger partial charge >= 0.3 is 0 Å². The number of rotatable bonds is 2. The van der Waals surface area contributed by atoms with E-state index in [1.165, 1.54) is 44.5 Å². The minimum atomic E-state index is -2.63. The Morgan fingerprint density at radius 3 is 1.78 bits per heavy atom. The van der Waals surface area contributed by atoms with E-state index in [2.05, 4.69) is 91.5 Å². The highest BCUT2D eigenvalue weighted by atomic mass is 31.2. The predicted molar refractivity (Wildman–Crippen MR) is 143 cm³/mol. The third-order valence-electron chi connectivity index (χ3n) is 7.82. The summed E-state index contributed by atoms with van der Waals surface area (Å²) in [5.41, 5.74) is 12.0. The zero-order chi connectivity index (χ0) is 22.4. The molecule has 3 heterocycles. The van der Waals surface area contributed by atoms with E-state index >= 15 is 0 Å². The van der Waals surface area contributed by atoms with E-state index in [1.54, 1.807) is 5.30 Å². The fourth-order valence-corrected chi connectivity index (χ4v) is 16.5. The van der Waals surface area contributed by atoms with Crippen molar-refractivity contribution in [3.05, 3.63) is 80.7 Å². The van der Waals surface area contributed by atoms with E-state index in [0.29, 0.717) is 17.2 Å². The number of benzene rings is 2. The van der Waals surface area contributed by atoms with Gasteiger partial charge in [-0.3, -0.25) is 0 Å². The van der Waals surface area contributed by atoms with Gasteiger partial charge in [0.05, 0.1) is 0 Å². The molecule has 3 aliphatic heterocycles. The Bertz CT molecular complexity index is 1190. The van der Waals surface area contributed by atoms with E-state index in [9.17, 15) is 4.57 Å². The first-order chi connectivity index (χ1) is 14.5. The maximum Gasteiger partial charge on any atom is 0.141 e. The van der Waals surface area contributed by atoms with Crippen LogP contribution in [0.25, 0.3) is 0 Å². The zero-order valence-electron chi connectivity index (χ0n) is 20.7. The maximum absolute atomic E-state index is 15.0. The van der Waals surface area contributed by atoms with Crippen LogP contribution >= 0.6 is 15.1 Å². The molecule has 0 spiro atoms. The Hall–Kier alpha value is -1.36. The normalized spacial score (nSPS) is 32.4. The molecule has 2 aromatic carbocycles. The van der Waals surface area contributed by atoms with Crippen LogP contribution in [0.4, 0.5) is 0 Å². The van der Waals surface area contributed by atoms with E-state index in [1.807, 2.05) is 0 Å². The third kappa shape index (κ3) is 3.13. The van der Waals surface area contributed by atoms with Gasteiger partial charge in [0.25, 0.3) is 0 Å². The molecule has 5 rings (SSSR count). The molecular formula is C28H34BOP2. The molecule has 4 heteroatoms. The van der Waals surface area contributed by atoms with Crippen LogP contribution in [0.1, 0.15) is 47.2 Å². The van der Waals surface area contributed by atoms with Crippen LogP contribution in [-0.2, 0) is 4.57 Å². The fraction of sp³-hybridized carbons (Fsp3) is 0.429. The van der Waals surface area contributed by atoms with E-state index in [4.69, 9.17) is 0 Å². The van der Waals surface area contributed by atoms with Gasteiger partial charge in [-0.25, -0.2) is 0 Å². The van der Waals surface area contributed by atoms with Gasteiger partial charge in [0.15, 0.2) is 0 Å². The summed E-state index contributed by atoms with van der Waals surface area (Å²) >= 11 is 0. The van der Waals surface area contributed by atoms with E-state index in [-0.39, 0.29) is 22.0 Å². The summed E-state index contributed by atoms with van der Waals surface area (Å²) in [5, 5.41) is 2.73. The Morgan fingerprint density at radius 2 is 1.25 bits per heavy atom. The molecule has 6 atom stereocenters. The van der Waals surface area contributed by atoms with Crippen LogP contribution in [0, 0.1) is 47.5 Å². The lowest BCUT2D eigenvalue weighted by Gasteiger charge is -2.30. The van der Waals surface area contributed by atoms with Crippen LogP contribution in [0.3, 0.4) is 0 Å². The topological polar surface area (TPSA) is 17.1 Å². The van der Waals surface area contributed by atoms with Crippen LogP contribution < -0.4 is 10.6 Å². The molecule has 1 unspecified atom stereocenters. The highest BCUT2D eigenvalue weighted by Crippen LogP contribution is 2.78. The highest BCUT2D eigenvalue weighted by Gasteiger charge is 2.63. The molecule has 3 radical (unpaired) electrons. The minimum absolute atomic E-state index is 0. The summed E-state index contributed by atoms with van der Waals surface area (Å²) in [4.78, 5) is 0. The van der Waals surface area contributed by atoms with Crippen molar-refractivity contribution >= 4 is 34.1 Å². The molecule has 0 amide bonds. The van der Waals surface area contributed by atoms with Gasteiger partial charge in [-0.1, -0.05) is 60.5 Å². The maximum atomic E-state index is 15.0. The van der Waals surface area contributed by atoms with Crippen molar-refractivity contribution in [2.45, 2.75) is 72.4 Å². The van der Waals surface area contributed by atoms with Gasteiger partial charge in [0, 0.05) is 36.6 Å². The molecule has 0 saturated carbocycles. The molecule has 165 valence electrons. The molecule has 1 saturated heterocycles. The largest absolute Gasteiger partial charge is 0.314 e. The average Bonchev–Trinajstić information content (AvgIpc) is 3.20. The van der Waals surface area contributed by atoms with Crippen molar-refractivity contribution in [1.29, 1.82) is 0 Å². The number of aryl methyl sites for hydroxylation is 6. The van der Waals surface area contributed by atoms with E-state index < -0.39 is 7.14 Å². The molecular weight excluding hydrogens is 425 g/mol. The fourth-order valence-electron chi connectivity index (χ4n) is 7.24. The van der Waals surface area contributed by atoms with Crippen molar-refractivity contribution < 1.29 is 4.57 Å². The Kier molecular flexibility index (Phi) is 5.84. The molecule has 2 aromatic rings. The van der Waals surface area contributed by atoms with Crippen molar-refractivity contribution in [3.63, 3.8) is 0 Å². The first-order valence-corrected chi connectivity index (χ1v) is 14.8. The van der Waals surface area contributed by atoms with Crippen LogP contribution in [-0.4, -0.2) is 25.4 Å². The summed E-state index contributed by atoms with van der Waals surface area (Å²) in [6, 6.07) is 9.15. The average molecular weight is 459 g/mol. The molecule has 0 aromatic heterocycles. The number of allylic oxidation sites excluding steroid dienone is 3. The van der Waals surface area contributed by atoms with Crippen molar-refractivity contribution in [1.82, 2.24) is 0 Å². The van der Waals surface area contributed by atoms with Crippen molar-refractivity contribution in [2.75, 3.05) is 0 Å². The van der Waals surface area contributed by atoms with Gasteiger partial charge in [0.2, 0.25) is 0 Å². The third-order valence-corrected chi connectivity index (χ3v) is 15.4. The highest BCUT2D eigenvalue weighted by molar-refractivity contribution is 7.78. The predicted octanol–water partition coefficient (Wildman–Crippen LogP) is 6.57.